The molecule has 18 heavy (non-hydrogen) atoms. The van der Waals surface area contributed by atoms with E-state index in [-0.39, 0.29) is 6.04 Å². The maximum atomic E-state index is 4.27. The van der Waals surface area contributed by atoms with Crippen LogP contribution in [0.3, 0.4) is 0 Å². The zero-order valence-electron chi connectivity index (χ0n) is 10.4. The average molecular weight is 244 g/mol. The molecule has 94 valence electrons. The van der Waals surface area contributed by atoms with Crippen molar-refractivity contribution >= 4 is 0 Å². The number of nitrogens with one attached hydrogen (secondary N) is 1. The summed E-state index contributed by atoms with van der Waals surface area (Å²) in [5.41, 5.74) is 0.984. The van der Waals surface area contributed by atoms with Gasteiger partial charge in [0.25, 0.3) is 0 Å². The number of rotatable bonds is 4. The lowest BCUT2D eigenvalue weighted by Gasteiger charge is -2.13. The Hall–Kier alpha value is -1.82. The molecule has 0 aromatic carbocycles. The molecule has 0 aliphatic carbocycles. The standard InChI is InChI=1S/C12H16N6/c1-9(14-7-10-4-5-13-8-15-10)12-17-16-11-3-2-6-18(11)12/h4-5,8-9,14H,2-3,6-7H2,1H3. The largest absolute Gasteiger partial charge is 0.314 e. The van der Waals surface area contributed by atoms with E-state index >= 15 is 0 Å². The molecule has 1 unspecified atom stereocenters. The van der Waals surface area contributed by atoms with Crippen LogP contribution >= 0.6 is 0 Å². The molecule has 0 saturated heterocycles. The minimum atomic E-state index is 0.180. The van der Waals surface area contributed by atoms with Crippen molar-refractivity contribution in [2.75, 3.05) is 0 Å². The second-order valence-corrected chi connectivity index (χ2v) is 4.53. The maximum absolute atomic E-state index is 4.27. The third-order valence-corrected chi connectivity index (χ3v) is 3.26. The fraction of sp³-hybridized carbons (Fsp3) is 0.500. The van der Waals surface area contributed by atoms with Crippen LogP contribution < -0.4 is 5.32 Å². The summed E-state index contributed by atoms with van der Waals surface area (Å²) < 4.78 is 2.22. The van der Waals surface area contributed by atoms with E-state index in [2.05, 4.69) is 37.0 Å². The molecule has 1 aliphatic rings. The van der Waals surface area contributed by atoms with Crippen LogP contribution in [-0.2, 0) is 19.5 Å². The first-order valence-corrected chi connectivity index (χ1v) is 6.25. The Balaban J connectivity index is 1.66. The molecule has 1 aliphatic heterocycles. The third kappa shape index (κ3) is 2.11. The summed E-state index contributed by atoms with van der Waals surface area (Å²) in [6.45, 7) is 3.86. The fourth-order valence-electron chi connectivity index (χ4n) is 2.26. The van der Waals surface area contributed by atoms with E-state index in [9.17, 15) is 0 Å². The molecule has 2 aromatic heterocycles. The lowest BCUT2D eigenvalue weighted by molar-refractivity contribution is 0.511. The van der Waals surface area contributed by atoms with E-state index < -0.39 is 0 Å². The molecule has 6 nitrogen and oxygen atoms in total. The molecule has 0 saturated carbocycles. The van der Waals surface area contributed by atoms with Gasteiger partial charge in [-0.25, -0.2) is 9.97 Å². The minimum absolute atomic E-state index is 0.180. The molecule has 3 rings (SSSR count). The van der Waals surface area contributed by atoms with Crippen LogP contribution in [0, 0.1) is 0 Å². The highest BCUT2D eigenvalue weighted by atomic mass is 15.3. The van der Waals surface area contributed by atoms with Gasteiger partial charge >= 0.3 is 0 Å². The van der Waals surface area contributed by atoms with Crippen molar-refractivity contribution in [1.29, 1.82) is 0 Å². The smallest absolute Gasteiger partial charge is 0.149 e. The first kappa shape index (κ1) is 11.3. The number of hydrogen-bond donors (Lipinski definition) is 1. The van der Waals surface area contributed by atoms with Gasteiger partial charge in [0.1, 0.15) is 18.0 Å². The fourth-order valence-corrected chi connectivity index (χ4v) is 2.26. The van der Waals surface area contributed by atoms with E-state index in [1.807, 2.05) is 6.07 Å². The topological polar surface area (TPSA) is 68.5 Å². The van der Waals surface area contributed by atoms with E-state index in [1.54, 1.807) is 12.5 Å². The molecule has 3 heterocycles. The van der Waals surface area contributed by atoms with Crippen LogP contribution in [0.4, 0.5) is 0 Å². The maximum Gasteiger partial charge on any atom is 0.149 e. The van der Waals surface area contributed by atoms with Crippen LogP contribution in [0.5, 0.6) is 0 Å². The van der Waals surface area contributed by atoms with E-state index in [4.69, 9.17) is 0 Å². The zero-order valence-corrected chi connectivity index (χ0v) is 10.4. The van der Waals surface area contributed by atoms with Crippen molar-refractivity contribution < 1.29 is 0 Å². The minimum Gasteiger partial charge on any atom is -0.314 e. The van der Waals surface area contributed by atoms with Crippen molar-refractivity contribution in [3.05, 3.63) is 35.9 Å². The third-order valence-electron chi connectivity index (χ3n) is 3.26. The lowest BCUT2D eigenvalue weighted by Crippen LogP contribution is -2.22. The number of aryl methyl sites for hydroxylation is 1. The molecule has 1 atom stereocenters. The van der Waals surface area contributed by atoms with Gasteiger partial charge in [0, 0.05) is 25.7 Å². The Bertz CT molecular complexity index is 521. The summed E-state index contributed by atoms with van der Waals surface area (Å²) >= 11 is 0. The number of nitrogens with zero attached hydrogens (tertiary/aromatic N) is 5. The molecule has 0 bridgehead atoms. The van der Waals surface area contributed by atoms with Crippen LogP contribution in [0.1, 0.15) is 36.7 Å². The Kier molecular flexibility index (Phi) is 3.02. The normalized spacial score (nSPS) is 15.6. The van der Waals surface area contributed by atoms with Gasteiger partial charge in [-0.05, 0) is 19.4 Å². The van der Waals surface area contributed by atoms with Gasteiger partial charge in [-0.15, -0.1) is 10.2 Å². The van der Waals surface area contributed by atoms with Gasteiger partial charge in [0.05, 0.1) is 11.7 Å². The highest BCUT2D eigenvalue weighted by Crippen LogP contribution is 2.18. The Morgan fingerprint density at radius 2 is 2.39 bits per heavy atom. The van der Waals surface area contributed by atoms with Crippen molar-refractivity contribution in [1.82, 2.24) is 30.0 Å². The predicted octanol–water partition coefficient (Wildman–Crippen LogP) is 0.865. The number of aromatic nitrogens is 5. The molecule has 0 radical (unpaired) electrons. The van der Waals surface area contributed by atoms with Crippen LogP contribution in [-0.4, -0.2) is 24.7 Å². The molecule has 2 aromatic rings. The zero-order chi connectivity index (χ0) is 12.4. The first-order chi connectivity index (χ1) is 8.84. The van der Waals surface area contributed by atoms with Crippen molar-refractivity contribution in [3.8, 4) is 0 Å². The Morgan fingerprint density at radius 3 is 3.22 bits per heavy atom. The monoisotopic (exact) mass is 244 g/mol. The molecule has 0 amide bonds. The van der Waals surface area contributed by atoms with E-state index in [0.717, 1.165) is 30.3 Å². The van der Waals surface area contributed by atoms with Gasteiger partial charge in [-0.1, -0.05) is 0 Å². The van der Waals surface area contributed by atoms with E-state index in [0.29, 0.717) is 6.54 Å². The summed E-state index contributed by atoms with van der Waals surface area (Å²) in [5, 5.41) is 11.9. The quantitative estimate of drug-likeness (QED) is 0.864. The van der Waals surface area contributed by atoms with Crippen LogP contribution in [0.2, 0.25) is 0 Å². The molecule has 0 fully saturated rings. The summed E-state index contributed by atoms with van der Waals surface area (Å²) in [4.78, 5) is 8.09. The molecule has 6 heteroatoms. The summed E-state index contributed by atoms with van der Waals surface area (Å²) in [7, 11) is 0. The van der Waals surface area contributed by atoms with Gasteiger partial charge in [0.15, 0.2) is 0 Å². The van der Waals surface area contributed by atoms with Gasteiger partial charge in [-0.2, -0.15) is 0 Å². The highest BCUT2D eigenvalue weighted by Gasteiger charge is 2.20. The Morgan fingerprint density at radius 1 is 1.44 bits per heavy atom. The summed E-state index contributed by atoms with van der Waals surface area (Å²) in [6, 6.07) is 2.09. The summed E-state index contributed by atoms with van der Waals surface area (Å²) in [6.07, 6.45) is 5.54. The number of hydrogen-bond acceptors (Lipinski definition) is 5. The number of fused-ring (bicyclic) bond motifs is 1. The molecule has 0 spiro atoms. The van der Waals surface area contributed by atoms with Crippen molar-refractivity contribution in [2.45, 2.75) is 38.9 Å². The average Bonchev–Trinajstić information content (AvgIpc) is 2.99. The van der Waals surface area contributed by atoms with Crippen molar-refractivity contribution in [3.63, 3.8) is 0 Å². The molecular weight excluding hydrogens is 228 g/mol. The van der Waals surface area contributed by atoms with Crippen LogP contribution in [0.15, 0.2) is 18.6 Å². The predicted molar refractivity (Wildman–Crippen MR) is 65.6 cm³/mol. The molecular formula is C12H16N6. The van der Waals surface area contributed by atoms with Crippen molar-refractivity contribution in [2.24, 2.45) is 0 Å². The molecule has 1 N–H and O–H groups in total. The van der Waals surface area contributed by atoms with Gasteiger partial charge in [-0.3, -0.25) is 0 Å². The second-order valence-electron chi connectivity index (χ2n) is 4.53. The van der Waals surface area contributed by atoms with E-state index in [1.165, 1.54) is 6.42 Å². The van der Waals surface area contributed by atoms with Crippen LogP contribution in [0.25, 0.3) is 0 Å². The second kappa shape index (κ2) is 4.81. The Labute approximate surface area is 105 Å². The van der Waals surface area contributed by atoms with Gasteiger partial charge in [0.2, 0.25) is 0 Å². The summed E-state index contributed by atoms with van der Waals surface area (Å²) in [5.74, 6) is 2.14. The van der Waals surface area contributed by atoms with Gasteiger partial charge < -0.3 is 9.88 Å². The highest BCUT2D eigenvalue weighted by molar-refractivity contribution is 5.05. The lowest BCUT2D eigenvalue weighted by atomic mass is 10.3. The SMILES string of the molecule is CC(NCc1ccncn1)c1nnc2n1CCC2. The first-order valence-electron chi connectivity index (χ1n) is 6.25.